The summed E-state index contributed by atoms with van der Waals surface area (Å²) in [6.07, 6.45) is 29.2. The molecule has 0 amide bonds. The minimum atomic E-state index is -0.910. The highest BCUT2D eigenvalue weighted by atomic mass is 16.7. The number of benzene rings is 1. The Morgan fingerprint density at radius 2 is 1.38 bits per heavy atom. The van der Waals surface area contributed by atoms with Crippen LogP contribution in [0.15, 0.2) is 85.0 Å². The van der Waals surface area contributed by atoms with Crippen LogP contribution in [-0.2, 0) is 19.0 Å². The average molecular weight is 539 g/mol. The maximum atomic E-state index is 12.3. The number of unbranched alkanes of at least 4 members (excludes halogenated alkanes) is 2. The van der Waals surface area contributed by atoms with Crippen molar-refractivity contribution in [2.75, 3.05) is 20.3 Å². The molecule has 0 fully saturated rings. The van der Waals surface area contributed by atoms with E-state index in [4.69, 9.17) is 14.2 Å². The van der Waals surface area contributed by atoms with Gasteiger partial charge in [-0.3, -0.25) is 4.79 Å². The Balaban J connectivity index is 2.05. The highest BCUT2D eigenvalue weighted by molar-refractivity contribution is 5.92. The predicted molar refractivity (Wildman–Crippen MR) is 158 cm³/mol. The van der Waals surface area contributed by atoms with E-state index >= 15 is 0 Å². The average Bonchev–Trinajstić information content (AvgIpc) is 2.94. The summed E-state index contributed by atoms with van der Waals surface area (Å²) in [5, 5.41) is 9.68. The second-order valence-electron chi connectivity index (χ2n) is 8.87. The molecule has 0 aromatic heterocycles. The van der Waals surface area contributed by atoms with Gasteiger partial charge < -0.3 is 19.3 Å². The Morgan fingerprint density at radius 1 is 0.795 bits per heavy atom. The molecule has 1 aromatic carbocycles. The van der Waals surface area contributed by atoms with Gasteiger partial charge in [-0.05, 0) is 69.9 Å². The van der Waals surface area contributed by atoms with Gasteiger partial charge in [0.1, 0.15) is 11.3 Å². The van der Waals surface area contributed by atoms with Crippen LogP contribution in [0.25, 0.3) is 0 Å². The van der Waals surface area contributed by atoms with E-state index in [2.05, 4.69) is 67.7 Å². The predicted octanol–water partition coefficient (Wildman–Crippen LogP) is 7.81. The Kier molecular flexibility index (Phi) is 20.7. The summed E-state index contributed by atoms with van der Waals surface area (Å²) in [5.41, 5.74) is 0.103. The van der Waals surface area contributed by atoms with Crippen molar-refractivity contribution in [1.29, 1.82) is 0 Å². The molecule has 1 aromatic rings. The summed E-state index contributed by atoms with van der Waals surface area (Å²) in [4.78, 5) is 24.3. The van der Waals surface area contributed by atoms with Gasteiger partial charge in [0.25, 0.3) is 0 Å². The molecule has 6 nitrogen and oxygen atoms in total. The number of aromatic hydroxyl groups is 1. The number of phenols is 1. The molecule has 1 rings (SSSR count). The summed E-state index contributed by atoms with van der Waals surface area (Å²) in [7, 11) is 1.44. The molecule has 0 bridgehead atoms. The summed E-state index contributed by atoms with van der Waals surface area (Å²) in [5.74, 6) is -0.936. The number of methoxy groups -OCH3 is 1. The molecule has 0 saturated heterocycles. The van der Waals surface area contributed by atoms with Crippen LogP contribution in [0.1, 0.15) is 81.5 Å². The van der Waals surface area contributed by atoms with Crippen LogP contribution in [0.4, 0.5) is 0 Å². The minimum absolute atomic E-state index is 0.0720. The third-order valence-electron chi connectivity index (χ3n) is 5.59. The molecule has 6 heteroatoms. The third-order valence-corrected chi connectivity index (χ3v) is 5.59. The SMILES string of the molecule is CC/C=C\C/C=C\C/C=C\C/C=C\C/C=C\CCCCOC(OC)C(=O)CCCOC(=O)c1ccccc1O. The Bertz CT molecular complexity index is 941. The van der Waals surface area contributed by atoms with Crippen molar-refractivity contribution in [3.8, 4) is 5.75 Å². The molecular weight excluding hydrogens is 492 g/mol. The Hall–Kier alpha value is -3.22. The summed E-state index contributed by atoms with van der Waals surface area (Å²) in [6, 6.07) is 6.17. The molecule has 0 saturated carbocycles. The number of allylic oxidation sites excluding steroid dienone is 10. The second kappa shape index (κ2) is 23.9. The number of carbonyl (C=O) groups excluding carboxylic acids is 2. The van der Waals surface area contributed by atoms with Crippen LogP contribution >= 0.6 is 0 Å². The lowest BCUT2D eigenvalue weighted by Gasteiger charge is -2.15. The monoisotopic (exact) mass is 538 g/mol. The van der Waals surface area contributed by atoms with Gasteiger partial charge in [-0.1, -0.05) is 79.8 Å². The first kappa shape index (κ1) is 33.8. The van der Waals surface area contributed by atoms with Crippen LogP contribution in [-0.4, -0.2) is 43.5 Å². The number of Topliss-reactive ketones (excluding diaryl/α,β-unsaturated/α-hetero) is 1. The van der Waals surface area contributed by atoms with E-state index in [0.717, 1.165) is 51.4 Å². The molecule has 39 heavy (non-hydrogen) atoms. The zero-order chi connectivity index (χ0) is 28.4. The molecule has 0 radical (unpaired) electrons. The van der Waals surface area contributed by atoms with Crippen LogP contribution in [0, 0.1) is 0 Å². The number of hydrogen-bond acceptors (Lipinski definition) is 6. The van der Waals surface area contributed by atoms with E-state index in [1.54, 1.807) is 12.1 Å². The smallest absolute Gasteiger partial charge is 0.341 e. The van der Waals surface area contributed by atoms with E-state index < -0.39 is 12.3 Å². The molecule has 1 unspecified atom stereocenters. The second-order valence-corrected chi connectivity index (χ2v) is 8.87. The number of carbonyl (C=O) groups is 2. The molecule has 0 spiro atoms. The van der Waals surface area contributed by atoms with Gasteiger partial charge in [-0.15, -0.1) is 0 Å². The molecule has 0 aliphatic heterocycles. The largest absolute Gasteiger partial charge is 0.507 e. The molecule has 0 aliphatic carbocycles. The molecule has 214 valence electrons. The highest BCUT2D eigenvalue weighted by Crippen LogP contribution is 2.16. The molecule has 1 N–H and O–H groups in total. The summed E-state index contributed by atoms with van der Waals surface area (Å²) < 4.78 is 15.9. The number of rotatable bonds is 22. The first-order valence-corrected chi connectivity index (χ1v) is 14.0. The van der Waals surface area contributed by atoms with E-state index in [1.165, 1.54) is 19.2 Å². The van der Waals surface area contributed by atoms with Crippen LogP contribution in [0.5, 0.6) is 5.75 Å². The van der Waals surface area contributed by atoms with Crippen LogP contribution in [0.3, 0.4) is 0 Å². The van der Waals surface area contributed by atoms with E-state index in [0.29, 0.717) is 13.0 Å². The van der Waals surface area contributed by atoms with Gasteiger partial charge in [0.05, 0.1) is 13.2 Å². The topological polar surface area (TPSA) is 82.1 Å². The van der Waals surface area contributed by atoms with Crippen molar-refractivity contribution < 1.29 is 28.9 Å². The van der Waals surface area contributed by atoms with Crippen molar-refractivity contribution in [2.45, 2.75) is 77.4 Å². The fraction of sp³-hybridized carbons (Fsp3) is 0.455. The first-order chi connectivity index (χ1) is 19.1. The van der Waals surface area contributed by atoms with Crippen molar-refractivity contribution >= 4 is 11.8 Å². The molecule has 0 aliphatic rings. The number of para-hydroxylation sites is 1. The summed E-state index contributed by atoms with van der Waals surface area (Å²) >= 11 is 0. The van der Waals surface area contributed by atoms with Gasteiger partial charge in [0.15, 0.2) is 5.78 Å². The molecule has 0 heterocycles. The fourth-order valence-electron chi connectivity index (χ4n) is 3.47. The fourth-order valence-corrected chi connectivity index (χ4v) is 3.47. The van der Waals surface area contributed by atoms with Crippen molar-refractivity contribution in [3.05, 3.63) is 90.6 Å². The zero-order valence-corrected chi connectivity index (χ0v) is 23.6. The zero-order valence-electron chi connectivity index (χ0n) is 23.6. The van der Waals surface area contributed by atoms with Crippen molar-refractivity contribution in [3.63, 3.8) is 0 Å². The Labute approximate surface area is 234 Å². The van der Waals surface area contributed by atoms with Crippen LogP contribution < -0.4 is 0 Å². The van der Waals surface area contributed by atoms with Gasteiger partial charge in [0.2, 0.25) is 6.29 Å². The molecule has 1 atom stereocenters. The third kappa shape index (κ3) is 17.8. The number of phenolic OH excluding ortho intramolecular Hbond substituents is 1. The highest BCUT2D eigenvalue weighted by Gasteiger charge is 2.18. The van der Waals surface area contributed by atoms with Crippen LogP contribution in [0.2, 0.25) is 0 Å². The van der Waals surface area contributed by atoms with Crippen molar-refractivity contribution in [2.24, 2.45) is 0 Å². The summed E-state index contributed by atoms with van der Waals surface area (Å²) in [6.45, 7) is 2.66. The normalized spacial score (nSPS) is 13.0. The van der Waals surface area contributed by atoms with Gasteiger partial charge in [-0.25, -0.2) is 4.79 Å². The maximum absolute atomic E-state index is 12.3. The maximum Gasteiger partial charge on any atom is 0.341 e. The number of esters is 1. The van der Waals surface area contributed by atoms with E-state index in [1.807, 2.05) is 0 Å². The number of ketones is 1. The quantitative estimate of drug-likeness (QED) is 0.0702. The lowest BCUT2D eigenvalue weighted by atomic mass is 10.2. The lowest BCUT2D eigenvalue weighted by Crippen LogP contribution is -2.27. The Morgan fingerprint density at radius 3 is 1.97 bits per heavy atom. The number of hydrogen-bond donors (Lipinski definition) is 1. The number of ether oxygens (including phenoxy) is 3. The van der Waals surface area contributed by atoms with Gasteiger partial charge in [-0.2, -0.15) is 0 Å². The molecular formula is C33H46O6. The first-order valence-electron chi connectivity index (χ1n) is 14.0. The lowest BCUT2D eigenvalue weighted by molar-refractivity contribution is -0.163. The van der Waals surface area contributed by atoms with E-state index in [9.17, 15) is 14.7 Å². The van der Waals surface area contributed by atoms with Gasteiger partial charge in [0, 0.05) is 13.5 Å². The van der Waals surface area contributed by atoms with Gasteiger partial charge >= 0.3 is 5.97 Å². The van der Waals surface area contributed by atoms with Crippen molar-refractivity contribution in [1.82, 2.24) is 0 Å². The standard InChI is InChI=1S/C33H46O6/c1-3-4-5-6-7-8-9-10-11-12-13-14-15-16-17-18-19-22-27-39-33(37-2)31(35)26-23-28-38-32(36)29-24-20-21-25-30(29)34/h4-5,7-8,10-11,13-14,16-17,20-21,24-25,33-34H,3,6,9,12,15,18-19,22-23,26-28H2,1-2H3/b5-4-,8-7-,11-10-,14-13-,17-16-. The minimum Gasteiger partial charge on any atom is -0.507 e. The van der Waals surface area contributed by atoms with E-state index in [-0.39, 0.29) is 30.1 Å².